The van der Waals surface area contributed by atoms with Gasteiger partial charge in [-0.15, -0.1) is 0 Å². The Morgan fingerprint density at radius 1 is 1.10 bits per heavy atom. The largest absolute Gasteiger partial charge is 0.508 e. The number of nitrogens with one attached hydrogen (secondary N) is 1. The molecular formula is C15H14N2O3. The quantitative estimate of drug-likeness (QED) is 0.454. The van der Waals surface area contributed by atoms with E-state index in [1.54, 1.807) is 31.2 Å². The van der Waals surface area contributed by atoms with Crippen molar-refractivity contribution in [1.29, 1.82) is 0 Å². The minimum absolute atomic E-state index is 0.0155. The second kappa shape index (κ2) is 5.88. The number of carbonyl (C=O) groups excluding carboxylic acids is 1. The van der Waals surface area contributed by atoms with Crippen LogP contribution in [-0.2, 0) is 0 Å². The first-order chi connectivity index (χ1) is 9.58. The number of aromatic hydroxyl groups is 2. The van der Waals surface area contributed by atoms with E-state index in [0.29, 0.717) is 16.8 Å². The molecule has 0 saturated carbocycles. The Balaban J connectivity index is 2.15. The van der Waals surface area contributed by atoms with E-state index in [2.05, 4.69) is 10.5 Å². The maximum atomic E-state index is 11.8. The van der Waals surface area contributed by atoms with E-state index >= 15 is 0 Å². The molecule has 0 aliphatic carbocycles. The van der Waals surface area contributed by atoms with Crippen molar-refractivity contribution in [3.8, 4) is 11.5 Å². The third-order valence-electron chi connectivity index (χ3n) is 2.73. The zero-order chi connectivity index (χ0) is 14.5. The highest BCUT2D eigenvalue weighted by atomic mass is 16.3. The summed E-state index contributed by atoms with van der Waals surface area (Å²) in [6.45, 7) is 1.62. The third-order valence-corrected chi connectivity index (χ3v) is 2.73. The van der Waals surface area contributed by atoms with Crippen molar-refractivity contribution in [2.75, 3.05) is 0 Å². The molecule has 0 bridgehead atoms. The minimum atomic E-state index is -0.343. The number of nitrogens with zero attached hydrogens (tertiary/aromatic N) is 1. The lowest BCUT2D eigenvalue weighted by molar-refractivity contribution is 0.0955. The lowest BCUT2D eigenvalue weighted by Gasteiger charge is -2.05. The molecule has 0 aromatic heterocycles. The van der Waals surface area contributed by atoms with Crippen LogP contribution in [0.1, 0.15) is 22.8 Å². The minimum Gasteiger partial charge on any atom is -0.508 e. The van der Waals surface area contributed by atoms with Crippen LogP contribution in [0, 0.1) is 0 Å². The van der Waals surface area contributed by atoms with Crippen molar-refractivity contribution in [1.82, 2.24) is 5.43 Å². The van der Waals surface area contributed by atoms with E-state index in [-0.39, 0.29) is 17.4 Å². The van der Waals surface area contributed by atoms with Gasteiger partial charge in [0, 0.05) is 11.1 Å². The fraction of sp³-hybridized carbons (Fsp3) is 0.0667. The Bertz CT molecular complexity index is 651. The van der Waals surface area contributed by atoms with Crippen molar-refractivity contribution in [2.24, 2.45) is 5.10 Å². The fourth-order valence-corrected chi connectivity index (χ4v) is 1.66. The molecule has 1 amide bonds. The number of amides is 1. The zero-order valence-corrected chi connectivity index (χ0v) is 10.9. The summed E-state index contributed by atoms with van der Waals surface area (Å²) in [5, 5.41) is 23.0. The molecule has 0 saturated heterocycles. The first kappa shape index (κ1) is 13.6. The van der Waals surface area contributed by atoms with E-state index in [0.717, 1.165) is 0 Å². The number of carbonyl (C=O) groups is 1. The number of phenolic OH excluding ortho intramolecular Hbond substituents is 2. The molecule has 0 radical (unpaired) electrons. The number of phenols is 2. The molecule has 0 heterocycles. The zero-order valence-electron chi connectivity index (χ0n) is 10.9. The van der Waals surface area contributed by atoms with Gasteiger partial charge in [0.2, 0.25) is 0 Å². The van der Waals surface area contributed by atoms with Crippen LogP contribution in [0.25, 0.3) is 0 Å². The summed E-state index contributed by atoms with van der Waals surface area (Å²) in [4.78, 5) is 11.8. The highest BCUT2D eigenvalue weighted by Crippen LogP contribution is 2.22. The second-order valence-corrected chi connectivity index (χ2v) is 4.21. The highest BCUT2D eigenvalue weighted by molar-refractivity contribution is 6.02. The normalized spacial score (nSPS) is 11.2. The van der Waals surface area contributed by atoms with Gasteiger partial charge < -0.3 is 10.2 Å². The van der Waals surface area contributed by atoms with E-state index in [4.69, 9.17) is 0 Å². The van der Waals surface area contributed by atoms with Crippen LogP contribution >= 0.6 is 0 Å². The smallest absolute Gasteiger partial charge is 0.271 e. The summed E-state index contributed by atoms with van der Waals surface area (Å²) in [6, 6.07) is 12.8. The van der Waals surface area contributed by atoms with Crippen LogP contribution in [0.15, 0.2) is 53.6 Å². The number of rotatable bonds is 3. The van der Waals surface area contributed by atoms with Crippen LogP contribution in [0.4, 0.5) is 0 Å². The summed E-state index contributed by atoms with van der Waals surface area (Å²) in [5.74, 6) is -0.343. The average Bonchev–Trinajstić information content (AvgIpc) is 2.47. The summed E-state index contributed by atoms with van der Waals surface area (Å²) < 4.78 is 0. The molecule has 102 valence electrons. The molecule has 0 atom stereocenters. The monoisotopic (exact) mass is 270 g/mol. The van der Waals surface area contributed by atoms with Gasteiger partial charge >= 0.3 is 0 Å². The number of hydrogen-bond donors (Lipinski definition) is 3. The molecule has 5 heteroatoms. The van der Waals surface area contributed by atoms with Crippen LogP contribution in [-0.4, -0.2) is 21.8 Å². The van der Waals surface area contributed by atoms with Crippen molar-refractivity contribution >= 4 is 11.6 Å². The molecule has 0 unspecified atom stereocenters. The fourth-order valence-electron chi connectivity index (χ4n) is 1.66. The standard InChI is InChI=1S/C15H14N2O3/c1-10(13-9-12(18)7-8-14(13)19)16-17-15(20)11-5-3-2-4-6-11/h2-9,18-19H,1H3,(H,17,20)/b16-10+. The van der Waals surface area contributed by atoms with Gasteiger partial charge in [-0.3, -0.25) is 4.79 Å². The third kappa shape index (κ3) is 3.14. The topological polar surface area (TPSA) is 81.9 Å². The van der Waals surface area contributed by atoms with Gasteiger partial charge in [0.05, 0.1) is 5.71 Å². The predicted molar refractivity (Wildman–Crippen MR) is 75.9 cm³/mol. The average molecular weight is 270 g/mol. The summed E-state index contributed by atoms with van der Waals surface area (Å²) in [7, 11) is 0. The van der Waals surface area contributed by atoms with Crippen LogP contribution in [0.5, 0.6) is 11.5 Å². The lowest BCUT2D eigenvalue weighted by Crippen LogP contribution is -2.19. The van der Waals surface area contributed by atoms with E-state index in [9.17, 15) is 15.0 Å². The molecule has 2 aromatic carbocycles. The number of hydrogen-bond acceptors (Lipinski definition) is 4. The molecule has 5 nitrogen and oxygen atoms in total. The van der Waals surface area contributed by atoms with E-state index in [1.165, 1.54) is 18.2 Å². The van der Waals surface area contributed by atoms with Crippen molar-refractivity contribution in [3.63, 3.8) is 0 Å². The van der Waals surface area contributed by atoms with Gasteiger partial charge in [-0.1, -0.05) is 18.2 Å². The maximum Gasteiger partial charge on any atom is 0.271 e. The molecule has 0 aliphatic rings. The highest BCUT2D eigenvalue weighted by Gasteiger charge is 2.07. The first-order valence-corrected chi connectivity index (χ1v) is 6.00. The Morgan fingerprint density at radius 3 is 2.50 bits per heavy atom. The van der Waals surface area contributed by atoms with E-state index < -0.39 is 0 Å². The van der Waals surface area contributed by atoms with Crippen LogP contribution in [0.2, 0.25) is 0 Å². The first-order valence-electron chi connectivity index (χ1n) is 6.00. The molecule has 3 N–H and O–H groups in total. The van der Waals surface area contributed by atoms with Gasteiger partial charge in [0.1, 0.15) is 11.5 Å². The molecule has 2 rings (SSSR count). The Morgan fingerprint density at radius 2 is 1.80 bits per heavy atom. The molecule has 0 aliphatic heterocycles. The van der Waals surface area contributed by atoms with Gasteiger partial charge in [-0.2, -0.15) is 5.10 Å². The van der Waals surface area contributed by atoms with Crippen molar-refractivity contribution in [2.45, 2.75) is 6.92 Å². The van der Waals surface area contributed by atoms with Crippen LogP contribution in [0.3, 0.4) is 0 Å². The summed E-state index contributed by atoms with van der Waals surface area (Å²) in [6.07, 6.45) is 0. The Labute approximate surface area is 116 Å². The van der Waals surface area contributed by atoms with Crippen LogP contribution < -0.4 is 5.43 Å². The van der Waals surface area contributed by atoms with E-state index in [1.807, 2.05) is 6.07 Å². The molecule has 2 aromatic rings. The molecule has 0 spiro atoms. The van der Waals surface area contributed by atoms with Gasteiger partial charge in [-0.25, -0.2) is 5.43 Å². The second-order valence-electron chi connectivity index (χ2n) is 4.21. The Kier molecular flexibility index (Phi) is 4.00. The van der Waals surface area contributed by atoms with Crippen molar-refractivity contribution < 1.29 is 15.0 Å². The number of hydrazone groups is 1. The van der Waals surface area contributed by atoms with Gasteiger partial charge in [0.15, 0.2) is 0 Å². The predicted octanol–water partition coefficient (Wildman–Crippen LogP) is 2.25. The Hall–Kier alpha value is -2.82. The van der Waals surface area contributed by atoms with Crippen molar-refractivity contribution in [3.05, 3.63) is 59.7 Å². The molecule has 20 heavy (non-hydrogen) atoms. The summed E-state index contributed by atoms with van der Waals surface area (Å²) >= 11 is 0. The van der Waals surface area contributed by atoms with Gasteiger partial charge in [-0.05, 0) is 37.3 Å². The number of benzene rings is 2. The maximum absolute atomic E-state index is 11.8. The molecule has 0 fully saturated rings. The lowest BCUT2D eigenvalue weighted by atomic mass is 10.1. The molecular weight excluding hydrogens is 256 g/mol. The SMILES string of the molecule is C/C(=N\NC(=O)c1ccccc1)c1cc(O)ccc1O. The summed E-state index contributed by atoms with van der Waals surface area (Å²) in [5.41, 5.74) is 3.64. The van der Waals surface area contributed by atoms with Gasteiger partial charge in [0.25, 0.3) is 5.91 Å².